The largest absolute Gasteiger partial charge is 0.492 e. The Labute approximate surface area is 141 Å². The summed E-state index contributed by atoms with van der Waals surface area (Å²) in [5.74, 6) is 0.357. The number of hydrogen-bond acceptors (Lipinski definition) is 5. The van der Waals surface area contributed by atoms with Crippen LogP contribution < -0.4 is 9.46 Å². The molecule has 1 atom stereocenters. The maximum atomic E-state index is 12.6. The van der Waals surface area contributed by atoms with Crippen LogP contribution in [0.2, 0.25) is 0 Å². The molecule has 0 fully saturated rings. The Kier molecular flexibility index (Phi) is 6.17. The molecule has 0 aliphatic rings. The predicted octanol–water partition coefficient (Wildman–Crippen LogP) is 3.12. The van der Waals surface area contributed by atoms with Crippen molar-refractivity contribution in [1.29, 1.82) is 0 Å². The monoisotopic (exact) mass is 355 g/mol. The van der Waals surface area contributed by atoms with E-state index in [2.05, 4.69) is 4.72 Å². The molecule has 0 aliphatic heterocycles. The average Bonchev–Trinajstić information content (AvgIpc) is 3.04. The Morgan fingerprint density at radius 3 is 2.70 bits per heavy atom. The van der Waals surface area contributed by atoms with Gasteiger partial charge in [-0.2, -0.15) is 11.3 Å². The zero-order chi connectivity index (χ0) is 16.9. The molecular formula is C16H21NO4S2. The Bertz CT molecular complexity index is 727. The average molecular weight is 355 g/mol. The second-order valence-corrected chi connectivity index (χ2v) is 7.53. The van der Waals surface area contributed by atoms with Gasteiger partial charge < -0.3 is 9.47 Å². The minimum Gasteiger partial charge on any atom is -0.492 e. The number of nitrogens with one attached hydrogen (secondary N) is 1. The van der Waals surface area contributed by atoms with Crippen LogP contribution in [0.1, 0.15) is 24.2 Å². The zero-order valence-corrected chi connectivity index (χ0v) is 15.0. The molecule has 1 aromatic heterocycles. The van der Waals surface area contributed by atoms with Gasteiger partial charge in [0.15, 0.2) is 0 Å². The lowest BCUT2D eigenvalue weighted by atomic mass is 10.2. The highest BCUT2D eigenvalue weighted by Gasteiger charge is 2.22. The molecule has 126 valence electrons. The second-order valence-electron chi connectivity index (χ2n) is 5.02. The van der Waals surface area contributed by atoms with Crippen LogP contribution in [0, 0.1) is 6.92 Å². The van der Waals surface area contributed by atoms with Crippen LogP contribution in [-0.4, -0.2) is 28.7 Å². The van der Waals surface area contributed by atoms with E-state index in [0.717, 1.165) is 11.1 Å². The number of ether oxygens (including phenoxy) is 2. The third kappa shape index (κ3) is 4.54. The third-order valence-corrected chi connectivity index (χ3v) is 5.49. The van der Waals surface area contributed by atoms with E-state index in [1.165, 1.54) is 0 Å². The molecule has 1 heterocycles. The summed E-state index contributed by atoms with van der Waals surface area (Å²) >= 11 is 1.55. The number of benzene rings is 1. The lowest BCUT2D eigenvalue weighted by Gasteiger charge is -2.17. The highest BCUT2D eigenvalue weighted by molar-refractivity contribution is 7.89. The highest BCUT2D eigenvalue weighted by Crippen LogP contribution is 2.26. The van der Waals surface area contributed by atoms with Crippen molar-refractivity contribution >= 4 is 21.4 Å². The van der Waals surface area contributed by atoms with Crippen molar-refractivity contribution in [3.05, 3.63) is 46.2 Å². The molecule has 7 heteroatoms. The number of aryl methyl sites for hydroxylation is 1. The molecule has 2 rings (SSSR count). The van der Waals surface area contributed by atoms with Crippen LogP contribution in [0.5, 0.6) is 5.75 Å². The van der Waals surface area contributed by atoms with Gasteiger partial charge in [0.25, 0.3) is 0 Å². The number of thiophene rings is 1. The Morgan fingerprint density at radius 1 is 1.30 bits per heavy atom. The van der Waals surface area contributed by atoms with Crippen molar-refractivity contribution in [2.45, 2.75) is 24.8 Å². The number of sulfonamides is 1. The van der Waals surface area contributed by atoms with Gasteiger partial charge in [-0.3, -0.25) is 0 Å². The molecule has 0 bridgehead atoms. The smallest absolute Gasteiger partial charge is 0.244 e. The van der Waals surface area contributed by atoms with Gasteiger partial charge in [-0.05, 0) is 53.9 Å². The number of methoxy groups -OCH3 is 1. The fourth-order valence-corrected chi connectivity index (χ4v) is 4.12. The van der Waals surface area contributed by atoms with E-state index in [9.17, 15) is 8.42 Å². The van der Waals surface area contributed by atoms with Crippen LogP contribution in [0.4, 0.5) is 0 Å². The number of hydrogen-bond donors (Lipinski definition) is 1. The summed E-state index contributed by atoms with van der Waals surface area (Å²) in [5.41, 5.74) is 1.81. The molecule has 0 radical (unpaired) electrons. The zero-order valence-electron chi connectivity index (χ0n) is 13.4. The van der Waals surface area contributed by atoms with Crippen molar-refractivity contribution in [3.8, 4) is 5.75 Å². The molecule has 0 saturated heterocycles. The summed E-state index contributed by atoms with van der Waals surface area (Å²) in [5, 5.41) is 3.88. The van der Waals surface area contributed by atoms with Gasteiger partial charge >= 0.3 is 0 Å². The lowest BCUT2D eigenvalue weighted by molar-refractivity contribution is 0.107. The van der Waals surface area contributed by atoms with E-state index in [1.54, 1.807) is 30.6 Å². The molecule has 0 aliphatic carbocycles. The van der Waals surface area contributed by atoms with Crippen molar-refractivity contribution in [2.24, 2.45) is 0 Å². The van der Waals surface area contributed by atoms with Gasteiger partial charge in [0, 0.05) is 13.7 Å². The third-order valence-electron chi connectivity index (χ3n) is 3.35. The maximum absolute atomic E-state index is 12.6. The van der Waals surface area contributed by atoms with Crippen molar-refractivity contribution < 1.29 is 17.9 Å². The van der Waals surface area contributed by atoms with Gasteiger partial charge in [-0.25, -0.2) is 13.1 Å². The van der Waals surface area contributed by atoms with Crippen molar-refractivity contribution in [2.75, 3.05) is 20.3 Å². The quantitative estimate of drug-likeness (QED) is 0.790. The van der Waals surface area contributed by atoms with Crippen LogP contribution in [0.3, 0.4) is 0 Å². The SMILES string of the molecule is CCOc1ccc(C)cc1S(=O)(=O)NCC(OC)c1ccsc1. The first-order valence-electron chi connectivity index (χ1n) is 7.26. The molecule has 23 heavy (non-hydrogen) atoms. The van der Waals surface area contributed by atoms with Gasteiger partial charge in [-0.15, -0.1) is 0 Å². The molecule has 1 unspecified atom stereocenters. The van der Waals surface area contributed by atoms with Crippen molar-refractivity contribution in [1.82, 2.24) is 4.72 Å². The summed E-state index contributed by atoms with van der Waals surface area (Å²) in [6, 6.07) is 7.04. The molecule has 1 N–H and O–H groups in total. The van der Waals surface area contributed by atoms with E-state index < -0.39 is 10.0 Å². The minimum absolute atomic E-state index is 0.152. The lowest BCUT2D eigenvalue weighted by Crippen LogP contribution is -2.29. The van der Waals surface area contributed by atoms with E-state index in [-0.39, 0.29) is 17.5 Å². The van der Waals surface area contributed by atoms with Crippen LogP contribution in [0.15, 0.2) is 39.9 Å². The minimum atomic E-state index is -3.68. The molecule has 0 spiro atoms. The highest BCUT2D eigenvalue weighted by atomic mass is 32.2. The van der Waals surface area contributed by atoms with Gasteiger partial charge in [0.05, 0.1) is 12.7 Å². The first kappa shape index (κ1) is 17.9. The molecule has 5 nitrogen and oxygen atoms in total. The summed E-state index contributed by atoms with van der Waals surface area (Å²) in [6.07, 6.45) is -0.323. The predicted molar refractivity (Wildman–Crippen MR) is 91.6 cm³/mol. The first-order chi connectivity index (χ1) is 11.0. The fourth-order valence-electron chi connectivity index (χ4n) is 2.16. The maximum Gasteiger partial charge on any atom is 0.244 e. The normalized spacial score (nSPS) is 13.0. The summed E-state index contributed by atoms with van der Waals surface area (Å²) in [7, 11) is -2.12. The Hall–Kier alpha value is -1.41. The van der Waals surface area contributed by atoms with Crippen LogP contribution in [0.25, 0.3) is 0 Å². The molecule has 2 aromatic rings. The summed E-state index contributed by atoms with van der Waals surface area (Å²) < 4.78 is 38.7. The van der Waals surface area contributed by atoms with Crippen molar-refractivity contribution in [3.63, 3.8) is 0 Å². The van der Waals surface area contributed by atoms with Gasteiger partial charge in [0.1, 0.15) is 10.6 Å². The van der Waals surface area contributed by atoms with E-state index in [1.807, 2.05) is 36.7 Å². The molecule has 0 amide bonds. The first-order valence-corrected chi connectivity index (χ1v) is 9.68. The molecular weight excluding hydrogens is 334 g/mol. The Morgan fingerprint density at radius 2 is 2.09 bits per heavy atom. The van der Waals surface area contributed by atoms with E-state index in [0.29, 0.717) is 12.4 Å². The summed E-state index contributed by atoms with van der Waals surface area (Å²) in [4.78, 5) is 0.152. The Balaban J connectivity index is 2.20. The number of rotatable bonds is 8. The van der Waals surface area contributed by atoms with E-state index >= 15 is 0 Å². The van der Waals surface area contributed by atoms with E-state index in [4.69, 9.17) is 9.47 Å². The standard InChI is InChI=1S/C16H21NO4S2/c1-4-21-14-6-5-12(2)9-16(14)23(18,19)17-10-15(20-3)13-7-8-22-11-13/h5-9,11,15,17H,4,10H2,1-3H3. The van der Waals surface area contributed by atoms with Crippen LogP contribution in [-0.2, 0) is 14.8 Å². The summed E-state index contributed by atoms with van der Waals surface area (Å²) in [6.45, 7) is 4.23. The van der Waals surface area contributed by atoms with Gasteiger partial charge in [0.2, 0.25) is 10.0 Å². The molecule has 1 aromatic carbocycles. The topological polar surface area (TPSA) is 64.6 Å². The molecule has 0 saturated carbocycles. The van der Waals surface area contributed by atoms with Crippen LogP contribution >= 0.6 is 11.3 Å². The fraction of sp³-hybridized carbons (Fsp3) is 0.375. The van der Waals surface area contributed by atoms with Gasteiger partial charge in [-0.1, -0.05) is 6.07 Å². The second kappa shape index (κ2) is 7.92.